The van der Waals surface area contributed by atoms with Crippen molar-refractivity contribution in [1.29, 1.82) is 0 Å². The molecule has 0 bridgehead atoms. The SMILES string of the molecule is NC(=O)c1ccccc1C#Cc1c(Cl)nc(N)nc1N[C@H]1CC[C@@H](CO)C1. The van der Waals surface area contributed by atoms with Crippen LogP contribution in [-0.4, -0.2) is 33.6 Å². The Balaban J connectivity index is 1.94. The van der Waals surface area contributed by atoms with Crippen LogP contribution in [0.4, 0.5) is 11.8 Å². The highest BCUT2D eigenvalue weighted by Gasteiger charge is 2.25. The van der Waals surface area contributed by atoms with Crippen LogP contribution >= 0.6 is 11.6 Å². The third kappa shape index (κ3) is 4.48. The van der Waals surface area contributed by atoms with Crippen LogP contribution in [0.5, 0.6) is 0 Å². The van der Waals surface area contributed by atoms with Crippen molar-refractivity contribution in [3.05, 3.63) is 46.1 Å². The molecule has 6 N–H and O–H groups in total. The Labute approximate surface area is 162 Å². The van der Waals surface area contributed by atoms with Gasteiger partial charge in [-0.05, 0) is 37.3 Å². The number of primary amides is 1. The van der Waals surface area contributed by atoms with Crippen LogP contribution in [0.2, 0.25) is 5.15 Å². The fourth-order valence-corrected chi connectivity index (χ4v) is 3.39. The topological polar surface area (TPSA) is 127 Å². The summed E-state index contributed by atoms with van der Waals surface area (Å²) in [5, 5.41) is 12.8. The van der Waals surface area contributed by atoms with E-state index in [1.807, 2.05) is 0 Å². The average Bonchev–Trinajstić information content (AvgIpc) is 3.08. The molecule has 1 amide bonds. The molecule has 3 rings (SSSR count). The quantitative estimate of drug-likeness (QED) is 0.469. The van der Waals surface area contributed by atoms with Crippen molar-refractivity contribution in [3.8, 4) is 11.8 Å². The maximum absolute atomic E-state index is 11.6. The number of aliphatic hydroxyl groups excluding tert-OH is 1. The molecule has 0 unspecified atom stereocenters. The van der Waals surface area contributed by atoms with E-state index in [-0.39, 0.29) is 29.7 Å². The molecule has 27 heavy (non-hydrogen) atoms. The summed E-state index contributed by atoms with van der Waals surface area (Å²) < 4.78 is 0. The fraction of sp³-hybridized carbons (Fsp3) is 0.316. The van der Waals surface area contributed by atoms with E-state index < -0.39 is 5.91 Å². The van der Waals surface area contributed by atoms with Crippen molar-refractivity contribution < 1.29 is 9.90 Å². The van der Waals surface area contributed by atoms with E-state index in [0.29, 0.717) is 22.5 Å². The van der Waals surface area contributed by atoms with Crippen molar-refractivity contribution in [3.63, 3.8) is 0 Å². The molecule has 1 aromatic carbocycles. The van der Waals surface area contributed by atoms with Gasteiger partial charge in [-0.2, -0.15) is 9.97 Å². The van der Waals surface area contributed by atoms with Crippen molar-refractivity contribution in [1.82, 2.24) is 9.97 Å². The predicted octanol–water partition coefficient (Wildman–Crippen LogP) is 1.78. The molecule has 0 spiro atoms. The minimum atomic E-state index is -0.557. The maximum Gasteiger partial charge on any atom is 0.249 e. The number of carbonyl (C=O) groups is 1. The molecule has 1 heterocycles. The minimum Gasteiger partial charge on any atom is -0.396 e. The Morgan fingerprint density at radius 2 is 2.07 bits per heavy atom. The number of rotatable bonds is 4. The van der Waals surface area contributed by atoms with Gasteiger partial charge in [0.25, 0.3) is 0 Å². The number of amides is 1. The summed E-state index contributed by atoms with van der Waals surface area (Å²) in [5.74, 6) is 6.06. The van der Waals surface area contributed by atoms with Gasteiger partial charge in [-0.25, -0.2) is 0 Å². The van der Waals surface area contributed by atoms with Crippen LogP contribution in [0, 0.1) is 17.8 Å². The number of aromatic nitrogens is 2. The van der Waals surface area contributed by atoms with Gasteiger partial charge in [0.2, 0.25) is 11.9 Å². The number of benzene rings is 1. The monoisotopic (exact) mass is 385 g/mol. The zero-order valence-corrected chi connectivity index (χ0v) is 15.3. The molecule has 0 aliphatic heterocycles. The average molecular weight is 386 g/mol. The van der Waals surface area contributed by atoms with Crippen LogP contribution in [-0.2, 0) is 0 Å². The normalized spacial score (nSPS) is 18.6. The van der Waals surface area contributed by atoms with E-state index >= 15 is 0 Å². The Morgan fingerprint density at radius 3 is 2.78 bits per heavy atom. The van der Waals surface area contributed by atoms with E-state index in [1.54, 1.807) is 24.3 Å². The summed E-state index contributed by atoms with van der Waals surface area (Å²) in [6.07, 6.45) is 2.68. The first-order chi connectivity index (χ1) is 13.0. The molecule has 1 saturated carbocycles. The third-order valence-electron chi connectivity index (χ3n) is 4.54. The highest BCUT2D eigenvalue weighted by molar-refractivity contribution is 6.31. The lowest BCUT2D eigenvalue weighted by atomic mass is 10.1. The van der Waals surface area contributed by atoms with E-state index in [4.69, 9.17) is 23.1 Å². The molecular weight excluding hydrogens is 366 g/mol. The van der Waals surface area contributed by atoms with Crippen LogP contribution in [0.25, 0.3) is 0 Å². The van der Waals surface area contributed by atoms with Crippen LogP contribution < -0.4 is 16.8 Å². The highest BCUT2D eigenvalue weighted by Crippen LogP contribution is 2.29. The van der Waals surface area contributed by atoms with Gasteiger partial charge >= 0.3 is 0 Å². The van der Waals surface area contributed by atoms with Gasteiger partial charge in [-0.15, -0.1) is 0 Å². The molecule has 2 atom stereocenters. The molecule has 140 valence electrons. The first kappa shape index (κ1) is 19.0. The predicted molar refractivity (Wildman–Crippen MR) is 104 cm³/mol. The molecule has 1 aliphatic rings. The van der Waals surface area contributed by atoms with Gasteiger partial charge in [0.15, 0.2) is 5.15 Å². The summed E-state index contributed by atoms with van der Waals surface area (Å²) in [7, 11) is 0. The molecule has 2 aromatic rings. The second kappa shape index (κ2) is 8.25. The fourth-order valence-electron chi connectivity index (χ4n) is 3.17. The number of nitrogens with one attached hydrogen (secondary N) is 1. The van der Waals surface area contributed by atoms with Crippen molar-refractivity contribution in [2.45, 2.75) is 25.3 Å². The Bertz CT molecular complexity index is 922. The number of nitrogens with zero attached hydrogens (tertiary/aromatic N) is 2. The molecule has 0 radical (unpaired) electrons. The first-order valence-corrected chi connectivity index (χ1v) is 8.97. The number of nitrogens with two attached hydrogens (primary N) is 2. The summed E-state index contributed by atoms with van der Waals surface area (Å²) in [5.41, 5.74) is 12.3. The number of nitrogen functional groups attached to an aromatic ring is 1. The molecule has 1 aliphatic carbocycles. The van der Waals surface area contributed by atoms with E-state index in [1.165, 1.54) is 0 Å². The molecule has 7 nitrogen and oxygen atoms in total. The lowest BCUT2D eigenvalue weighted by Crippen LogP contribution is -2.19. The summed E-state index contributed by atoms with van der Waals surface area (Å²) in [4.78, 5) is 19.8. The summed E-state index contributed by atoms with van der Waals surface area (Å²) in [6, 6.07) is 6.94. The van der Waals surface area contributed by atoms with Crippen molar-refractivity contribution in [2.75, 3.05) is 17.7 Å². The van der Waals surface area contributed by atoms with Crippen LogP contribution in [0.1, 0.15) is 40.7 Å². The zero-order chi connectivity index (χ0) is 19.4. The Kier molecular flexibility index (Phi) is 5.79. The summed E-state index contributed by atoms with van der Waals surface area (Å²) >= 11 is 6.24. The largest absolute Gasteiger partial charge is 0.396 e. The van der Waals surface area contributed by atoms with Crippen molar-refractivity contribution >= 4 is 29.3 Å². The number of hydrogen-bond acceptors (Lipinski definition) is 6. The molecule has 1 aromatic heterocycles. The van der Waals surface area contributed by atoms with Crippen LogP contribution in [0.3, 0.4) is 0 Å². The van der Waals surface area contributed by atoms with E-state index in [2.05, 4.69) is 27.1 Å². The molecule has 1 fully saturated rings. The van der Waals surface area contributed by atoms with Gasteiger partial charge < -0.3 is 21.9 Å². The van der Waals surface area contributed by atoms with Gasteiger partial charge in [0.05, 0.1) is 5.56 Å². The summed E-state index contributed by atoms with van der Waals surface area (Å²) in [6.45, 7) is 0.168. The van der Waals surface area contributed by atoms with E-state index in [9.17, 15) is 9.90 Å². The molecular formula is C19H20ClN5O2. The number of carbonyl (C=O) groups excluding carboxylic acids is 1. The maximum atomic E-state index is 11.6. The van der Waals surface area contributed by atoms with Gasteiger partial charge in [-0.1, -0.05) is 35.6 Å². The van der Waals surface area contributed by atoms with E-state index in [0.717, 1.165) is 19.3 Å². The number of anilines is 2. The minimum absolute atomic E-state index is 0.0438. The molecule has 8 heteroatoms. The van der Waals surface area contributed by atoms with Gasteiger partial charge in [0, 0.05) is 18.2 Å². The smallest absolute Gasteiger partial charge is 0.249 e. The number of hydrogen-bond donors (Lipinski definition) is 4. The Hall–Kier alpha value is -2.82. The lowest BCUT2D eigenvalue weighted by Gasteiger charge is -2.15. The lowest BCUT2D eigenvalue weighted by molar-refractivity contribution is 0.1000. The second-order valence-electron chi connectivity index (χ2n) is 6.46. The second-order valence-corrected chi connectivity index (χ2v) is 6.82. The third-order valence-corrected chi connectivity index (χ3v) is 4.81. The van der Waals surface area contributed by atoms with Gasteiger partial charge in [0.1, 0.15) is 11.4 Å². The standard InChI is InChI=1S/C19H20ClN5O2/c20-16-15(8-6-12-3-1-2-4-14(12)17(21)27)18(25-19(22)24-16)23-13-7-5-11(9-13)10-26/h1-4,11,13,26H,5,7,9-10H2,(H2,21,27)(H3,22,23,24,25)/t11-,13+/m1/s1. The van der Waals surface area contributed by atoms with Crippen LogP contribution in [0.15, 0.2) is 24.3 Å². The Morgan fingerprint density at radius 1 is 1.30 bits per heavy atom. The zero-order valence-electron chi connectivity index (χ0n) is 14.6. The highest BCUT2D eigenvalue weighted by atomic mass is 35.5. The number of halogens is 1. The molecule has 0 saturated heterocycles. The number of aliphatic hydroxyl groups is 1. The van der Waals surface area contributed by atoms with Gasteiger partial charge in [-0.3, -0.25) is 4.79 Å². The van der Waals surface area contributed by atoms with Crippen molar-refractivity contribution in [2.24, 2.45) is 11.7 Å². The first-order valence-electron chi connectivity index (χ1n) is 8.59.